The van der Waals surface area contributed by atoms with E-state index in [1.807, 2.05) is 0 Å². The summed E-state index contributed by atoms with van der Waals surface area (Å²) in [5, 5.41) is 28.9. The second-order valence-electron chi connectivity index (χ2n) is 4.61. The molecule has 0 spiro atoms. The molecule has 0 aliphatic carbocycles. The van der Waals surface area contributed by atoms with E-state index >= 15 is 0 Å². The molecule has 3 N–H and O–H groups in total. The number of carbonyl (C=O) groups is 1. The fourth-order valence-electron chi connectivity index (χ4n) is 2.19. The van der Waals surface area contributed by atoms with E-state index in [4.69, 9.17) is 0 Å². The van der Waals surface area contributed by atoms with Gasteiger partial charge in [-0.3, -0.25) is 4.79 Å². The molecule has 2 rings (SSSR count). The topological polar surface area (TPSA) is 87.0 Å². The van der Waals surface area contributed by atoms with E-state index in [1.165, 1.54) is 19.2 Å². The molecule has 0 aromatic heterocycles. The highest BCUT2D eigenvalue weighted by atomic mass is 16.5. The Kier molecular flexibility index (Phi) is 4.45. The minimum Gasteiger partial charge on any atom is -0.508 e. The van der Waals surface area contributed by atoms with Crippen molar-refractivity contribution in [3.05, 3.63) is 47.5 Å². The van der Waals surface area contributed by atoms with Crippen LogP contribution in [0.4, 0.5) is 0 Å². The number of methoxy groups -OCH3 is 1. The van der Waals surface area contributed by atoms with Crippen molar-refractivity contribution in [1.29, 1.82) is 0 Å². The molecule has 0 aliphatic rings. The lowest BCUT2D eigenvalue weighted by Gasteiger charge is -2.13. The largest absolute Gasteiger partial charge is 0.508 e. The smallest absolute Gasteiger partial charge is 0.310 e. The van der Waals surface area contributed by atoms with Crippen molar-refractivity contribution in [2.45, 2.75) is 13.0 Å². The van der Waals surface area contributed by atoms with Gasteiger partial charge in [-0.25, -0.2) is 0 Å². The van der Waals surface area contributed by atoms with E-state index in [-0.39, 0.29) is 24.5 Å². The number of hydrogen-bond donors (Lipinski definition) is 3. The highest BCUT2D eigenvalue weighted by Crippen LogP contribution is 2.36. The van der Waals surface area contributed by atoms with Gasteiger partial charge in [0.25, 0.3) is 0 Å². The maximum atomic E-state index is 11.5. The number of aliphatic hydroxyl groups is 1. The minimum absolute atomic E-state index is 0.0723. The van der Waals surface area contributed by atoms with Gasteiger partial charge in [-0.15, -0.1) is 0 Å². The van der Waals surface area contributed by atoms with Crippen molar-refractivity contribution >= 4 is 5.97 Å². The van der Waals surface area contributed by atoms with Crippen molar-refractivity contribution in [1.82, 2.24) is 0 Å². The van der Waals surface area contributed by atoms with Crippen LogP contribution in [0, 0.1) is 0 Å². The Morgan fingerprint density at radius 2 is 1.95 bits per heavy atom. The van der Waals surface area contributed by atoms with E-state index < -0.39 is 5.97 Å². The van der Waals surface area contributed by atoms with Crippen LogP contribution < -0.4 is 0 Å². The number of hydrogen-bond acceptors (Lipinski definition) is 5. The summed E-state index contributed by atoms with van der Waals surface area (Å²) in [5.74, 6) is -0.739. The zero-order valence-corrected chi connectivity index (χ0v) is 11.5. The third-order valence-electron chi connectivity index (χ3n) is 3.14. The van der Waals surface area contributed by atoms with Crippen LogP contribution in [0.25, 0.3) is 11.1 Å². The highest BCUT2D eigenvalue weighted by molar-refractivity contribution is 5.81. The molecule has 110 valence electrons. The molecular weight excluding hydrogens is 272 g/mol. The molecule has 21 heavy (non-hydrogen) atoms. The van der Waals surface area contributed by atoms with Gasteiger partial charge in [-0.1, -0.05) is 18.2 Å². The number of esters is 1. The van der Waals surface area contributed by atoms with E-state index in [1.54, 1.807) is 24.3 Å². The Hall–Kier alpha value is -2.53. The molecule has 0 amide bonds. The van der Waals surface area contributed by atoms with Crippen LogP contribution >= 0.6 is 0 Å². The third kappa shape index (κ3) is 3.32. The van der Waals surface area contributed by atoms with Crippen molar-refractivity contribution in [2.24, 2.45) is 0 Å². The van der Waals surface area contributed by atoms with E-state index in [0.717, 1.165) is 0 Å². The summed E-state index contributed by atoms with van der Waals surface area (Å²) in [6.45, 7) is -0.126. The molecule has 5 nitrogen and oxygen atoms in total. The molecule has 0 radical (unpaired) electrons. The average Bonchev–Trinajstić information content (AvgIpc) is 2.46. The van der Waals surface area contributed by atoms with Crippen molar-refractivity contribution in [3.63, 3.8) is 0 Å². The Morgan fingerprint density at radius 1 is 1.19 bits per heavy atom. The summed E-state index contributed by atoms with van der Waals surface area (Å²) in [4.78, 5) is 11.5. The first-order chi connectivity index (χ1) is 10.0. The SMILES string of the molecule is COC(=O)Cc1cc(O)cc(O)c1-c1cccc(CO)c1. The lowest BCUT2D eigenvalue weighted by atomic mass is 9.95. The molecule has 0 aliphatic heterocycles. The van der Waals surface area contributed by atoms with Crippen LogP contribution in [0.2, 0.25) is 0 Å². The number of ether oxygens (including phenoxy) is 1. The van der Waals surface area contributed by atoms with Crippen LogP contribution in [0.1, 0.15) is 11.1 Å². The fraction of sp³-hybridized carbons (Fsp3) is 0.188. The Labute approximate surface area is 122 Å². The first-order valence-electron chi connectivity index (χ1n) is 6.37. The number of phenolic OH excluding ortho intramolecular Hbond substituents is 2. The number of phenols is 2. The lowest BCUT2D eigenvalue weighted by Crippen LogP contribution is -2.06. The number of benzene rings is 2. The maximum absolute atomic E-state index is 11.5. The zero-order chi connectivity index (χ0) is 15.4. The van der Waals surface area contributed by atoms with Gasteiger partial charge in [0.05, 0.1) is 20.1 Å². The molecule has 5 heteroatoms. The average molecular weight is 288 g/mol. The molecule has 0 bridgehead atoms. The van der Waals surface area contributed by atoms with Gasteiger partial charge in [0, 0.05) is 11.6 Å². The fourth-order valence-corrected chi connectivity index (χ4v) is 2.19. The van der Waals surface area contributed by atoms with E-state index in [9.17, 15) is 20.1 Å². The standard InChI is InChI=1S/C16H16O5/c1-21-15(20)7-12-6-13(18)8-14(19)16(12)11-4-2-3-10(5-11)9-17/h2-6,8,17-19H,7,9H2,1H3. The maximum Gasteiger partial charge on any atom is 0.310 e. The predicted molar refractivity (Wildman–Crippen MR) is 76.9 cm³/mol. The van der Waals surface area contributed by atoms with Crippen LogP contribution in [0.3, 0.4) is 0 Å². The Morgan fingerprint density at radius 3 is 2.62 bits per heavy atom. The van der Waals surface area contributed by atoms with Crippen LogP contribution in [-0.4, -0.2) is 28.4 Å². The molecule has 0 heterocycles. The number of aromatic hydroxyl groups is 2. The second kappa shape index (κ2) is 6.28. The molecule has 0 unspecified atom stereocenters. The van der Waals surface area contributed by atoms with Crippen molar-refractivity contribution in [3.8, 4) is 22.6 Å². The molecule has 2 aromatic carbocycles. The van der Waals surface area contributed by atoms with E-state index in [0.29, 0.717) is 22.3 Å². The summed E-state index contributed by atoms with van der Waals surface area (Å²) in [7, 11) is 1.27. The second-order valence-corrected chi connectivity index (χ2v) is 4.61. The van der Waals surface area contributed by atoms with E-state index in [2.05, 4.69) is 4.74 Å². The molecule has 0 saturated carbocycles. The van der Waals surface area contributed by atoms with Crippen LogP contribution in [-0.2, 0) is 22.6 Å². The monoisotopic (exact) mass is 288 g/mol. The summed E-state index contributed by atoms with van der Waals surface area (Å²) < 4.78 is 4.63. The summed E-state index contributed by atoms with van der Waals surface area (Å²) in [6, 6.07) is 9.59. The van der Waals surface area contributed by atoms with Crippen LogP contribution in [0.15, 0.2) is 36.4 Å². The first-order valence-corrected chi connectivity index (χ1v) is 6.37. The quantitative estimate of drug-likeness (QED) is 0.749. The molecule has 2 aromatic rings. The van der Waals surface area contributed by atoms with Gasteiger partial charge in [0.2, 0.25) is 0 Å². The summed E-state index contributed by atoms with van der Waals surface area (Å²) in [6.07, 6.45) is -0.0723. The van der Waals surface area contributed by atoms with Crippen LogP contribution in [0.5, 0.6) is 11.5 Å². The highest BCUT2D eigenvalue weighted by Gasteiger charge is 2.16. The molecule has 0 atom stereocenters. The lowest BCUT2D eigenvalue weighted by molar-refractivity contribution is -0.139. The van der Waals surface area contributed by atoms with Gasteiger partial charge >= 0.3 is 5.97 Å². The minimum atomic E-state index is -0.473. The number of rotatable bonds is 4. The Bertz CT molecular complexity index is 664. The van der Waals surface area contributed by atoms with Crippen molar-refractivity contribution < 1.29 is 24.9 Å². The molecule has 0 fully saturated rings. The first kappa shape index (κ1) is 14.9. The normalized spacial score (nSPS) is 10.4. The van der Waals surface area contributed by atoms with Gasteiger partial charge in [0.15, 0.2) is 0 Å². The number of carbonyl (C=O) groups excluding carboxylic acids is 1. The third-order valence-corrected chi connectivity index (χ3v) is 3.14. The number of aliphatic hydroxyl groups excluding tert-OH is 1. The van der Waals surface area contributed by atoms with Gasteiger partial charge in [-0.05, 0) is 28.8 Å². The van der Waals surface area contributed by atoms with Gasteiger partial charge < -0.3 is 20.1 Å². The summed E-state index contributed by atoms with van der Waals surface area (Å²) in [5.41, 5.74) is 2.23. The predicted octanol–water partition coefficient (Wildman–Crippen LogP) is 1.97. The zero-order valence-electron chi connectivity index (χ0n) is 11.5. The van der Waals surface area contributed by atoms with Gasteiger partial charge in [-0.2, -0.15) is 0 Å². The van der Waals surface area contributed by atoms with Gasteiger partial charge in [0.1, 0.15) is 11.5 Å². The molecular formula is C16H16O5. The van der Waals surface area contributed by atoms with Crippen molar-refractivity contribution in [2.75, 3.05) is 7.11 Å². The Balaban J connectivity index is 2.57. The summed E-state index contributed by atoms with van der Waals surface area (Å²) >= 11 is 0. The molecule has 0 saturated heterocycles.